The molecule has 0 atom stereocenters. The predicted molar refractivity (Wildman–Crippen MR) is 94.4 cm³/mol. The lowest BCUT2D eigenvalue weighted by atomic mass is 10.1. The molecule has 1 amide bonds. The van der Waals surface area contributed by atoms with Crippen LogP contribution in [0.15, 0.2) is 51.7 Å². The van der Waals surface area contributed by atoms with Gasteiger partial charge in [-0.05, 0) is 12.1 Å². The van der Waals surface area contributed by atoms with Gasteiger partial charge >= 0.3 is 5.63 Å². The van der Waals surface area contributed by atoms with Gasteiger partial charge in [0.2, 0.25) is 0 Å². The Morgan fingerprint density at radius 2 is 1.76 bits per heavy atom. The highest BCUT2D eigenvalue weighted by molar-refractivity contribution is 6.07. The SMILES string of the molecule is COc1cc(N)c(NC(=O)c2cc3ccccc3oc2=O)cc1OC. The molecule has 0 unspecified atom stereocenters. The third-order valence-electron chi connectivity index (χ3n) is 3.69. The summed E-state index contributed by atoms with van der Waals surface area (Å²) in [7, 11) is 2.95. The minimum atomic E-state index is -0.727. The lowest BCUT2D eigenvalue weighted by Crippen LogP contribution is -2.21. The molecule has 7 nitrogen and oxygen atoms in total. The summed E-state index contributed by atoms with van der Waals surface area (Å²) < 4.78 is 15.5. The summed E-state index contributed by atoms with van der Waals surface area (Å²) >= 11 is 0. The van der Waals surface area contributed by atoms with Crippen LogP contribution in [0.25, 0.3) is 11.0 Å². The Morgan fingerprint density at radius 3 is 2.48 bits per heavy atom. The van der Waals surface area contributed by atoms with E-state index < -0.39 is 11.5 Å². The maximum absolute atomic E-state index is 12.5. The van der Waals surface area contributed by atoms with Crippen LogP contribution in [0.4, 0.5) is 11.4 Å². The van der Waals surface area contributed by atoms with E-state index in [1.807, 2.05) is 0 Å². The molecule has 7 heteroatoms. The Labute approximate surface area is 143 Å². The Bertz CT molecular complexity index is 1010. The Kier molecular flexibility index (Phi) is 4.30. The number of carbonyl (C=O) groups is 1. The number of fused-ring (bicyclic) bond motifs is 1. The van der Waals surface area contributed by atoms with Crippen LogP contribution in [0.2, 0.25) is 0 Å². The summed E-state index contributed by atoms with van der Waals surface area (Å²) in [5, 5.41) is 3.24. The van der Waals surface area contributed by atoms with Gasteiger partial charge in [-0.15, -0.1) is 0 Å². The molecule has 0 bridgehead atoms. The van der Waals surface area contributed by atoms with E-state index in [9.17, 15) is 9.59 Å². The van der Waals surface area contributed by atoms with E-state index in [1.54, 1.807) is 24.3 Å². The van der Waals surface area contributed by atoms with Crippen molar-refractivity contribution in [2.24, 2.45) is 0 Å². The zero-order valence-electron chi connectivity index (χ0n) is 13.7. The van der Waals surface area contributed by atoms with Crippen LogP contribution in [0, 0.1) is 0 Å². The minimum Gasteiger partial charge on any atom is -0.493 e. The first-order valence-corrected chi connectivity index (χ1v) is 7.39. The average Bonchev–Trinajstić information content (AvgIpc) is 2.62. The van der Waals surface area contributed by atoms with Crippen LogP contribution in [0.3, 0.4) is 0 Å². The van der Waals surface area contributed by atoms with Crippen molar-refractivity contribution >= 4 is 28.3 Å². The number of hydrogen-bond donors (Lipinski definition) is 2. The fourth-order valence-corrected chi connectivity index (χ4v) is 2.41. The Morgan fingerprint density at radius 1 is 1.08 bits per heavy atom. The molecule has 25 heavy (non-hydrogen) atoms. The monoisotopic (exact) mass is 340 g/mol. The zero-order chi connectivity index (χ0) is 18.0. The van der Waals surface area contributed by atoms with E-state index in [1.165, 1.54) is 32.4 Å². The number of benzene rings is 2. The summed E-state index contributed by atoms with van der Waals surface area (Å²) in [6.45, 7) is 0. The molecule has 3 aromatic rings. The van der Waals surface area contributed by atoms with Crippen molar-refractivity contribution < 1.29 is 18.7 Å². The van der Waals surface area contributed by atoms with Gasteiger partial charge in [-0.2, -0.15) is 0 Å². The molecule has 0 spiro atoms. The van der Waals surface area contributed by atoms with Crippen molar-refractivity contribution in [2.45, 2.75) is 0 Å². The summed E-state index contributed by atoms with van der Waals surface area (Å²) in [5.41, 5.74) is 6.07. The number of rotatable bonds is 4. The quantitative estimate of drug-likeness (QED) is 0.559. The van der Waals surface area contributed by atoms with Crippen LogP contribution in [0.5, 0.6) is 11.5 Å². The fraction of sp³-hybridized carbons (Fsp3) is 0.111. The molecular formula is C18H16N2O5. The third-order valence-corrected chi connectivity index (χ3v) is 3.69. The second-order valence-corrected chi connectivity index (χ2v) is 5.23. The van der Waals surface area contributed by atoms with Gasteiger partial charge in [-0.3, -0.25) is 4.79 Å². The number of anilines is 2. The van der Waals surface area contributed by atoms with Crippen LogP contribution < -0.4 is 26.1 Å². The number of para-hydroxylation sites is 1. The number of methoxy groups -OCH3 is 2. The first kappa shape index (κ1) is 16.4. The summed E-state index contributed by atoms with van der Waals surface area (Å²) in [6.07, 6.45) is 0. The number of ether oxygens (including phenoxy) is 2. The predicted octanol–water partition coefficient (Wildman–Crippen LogP) is 2.64. The zero-order valence-corrected chi connectivity index (χ0v) is 13.7. The van der Waals surface area contributed by atoms with E-state index >= 15 is 0 Å². The van der Waals surface area contributed by atoms with Crippen LogP contribution in [-0.2, 0) is 0 Å². The largest absolute Gasteiger partial charge is 0.493 e. The molecular weight excluding hydrogens is 324 g/mol. The van der Waals surface area contributed by atoms with Crippen molar-refractivity contribution in [3.63, 3.8) is 0 Å². The van der Waals surface area contributed by atoms with Gasteiger partial charge in [0, 0.05) is 17.5 Å². The molecule has 0 saturated carbocycles. The highest BCUT2D eigenvalue weighted by Gasteiger charge is 2.17. The van der Waals surface area contributed by atoms with E-state index in [-0.39, 0.29) is 11.3 Å². The Hall–Kier alpha value is -3.48. The van der Waals surface area contributed by atoms with Crippen molar-refractivity contribution in [3.8, 4) is 11.5 Å². The lowest BCUT2D eigenvalue weighted by Gasteiger charge is -2.13. The molecule has 0 aliphatic rings. The maximum atomic E-state index is 12.5. The first-order valence-electron chi connectivity index (χ1n) is 7.39. The molecule has 0 aliphatic carbocycles. The first-order chi connectivity index (χ1) is 12.0. The van der Waals surface area contributed by atoms with E-state index in [4.69, 9.17) is 19.6 Å². The third kappa shape index (κ3) is 3.12. The highest BCUT2D eigenvalue weighted by atomic mass is 16.5. The van der Waals surface area contributed by atoms with Gasteiger partial charge in [-0.1, -0.05) is 18.2 Å². The van der Waals surface area contributed by atoms with Gasteiger partial charge in [0.05, 0.1) is 25.6 Å². The maximum Gasteiger partial charge on any atom is 0.349 e. The molecule has 0 radical (unpaired) electrons. The molecule has 3 rings (SSSR count). The number of carbonyl (C=O) groups excluding carboxylic acids is 1. The molecule has 0 fully saturated rings. The van der Waals surface area contributed by atoms with E-state index in [0.29, 0.717) is 28.2 Å². The minimum absolute atomic E-state index is 0.118. The summed E-state index contributed by atoms with van der Waals surface area (Å²) in [5.74, 6) is 0.208. The standard InChI is InChI=1S/C18H16N2O5/c1-23-15-8-12(19)13(9-16(15)24-2)20-17(21)11-7-10-5-3-4-6-14(10)25-18(11)22/h3-9H,19H2,1-2H3,(H,20,21). The smallest absolute Gasteiger partial charge is 0.349 e. The van der Waals surface area contributed by atoms with Gasteiger partial charge in [-0.25, -0.2) is 4.79 Å². The van der Waals surface area contributed by atoms with E-state index in [0.717, 1.165) is 0 Å². The Balaban J connectivity index is 1.98. The van der Waals surface area contributed by atoms with Gasteiger partial charge in [0.1, 0.15) is 11.1 Å². The second-order valence-electron chi connectivity index (χ2n) is 5.23. The van der Waals surface area contributed by atoms with Crippen LogP contribution in [0.1, 0.15) is 10.4 Å². The number of nitrogens with one attached hydrogen (secondary N) is 1. The average molecular weight is 340 g/mol. The summed E-state index contributed by atoms with van der Waals surface area (Å²) in [6, 6.07) is 11.5. The second kappa shape index (κ2) is 6.56. The number of nitrogens with two attached hydrogens (primary N) is 1. The normalized spacial score (nSPS) is 10.5. The molecule has 1 aromatic heterocycles. The number of hydrogen-bond acceptors (Lipinski definition) is 6. The topological polar surface area (TPSA) is 104 Å². The van der Waals surface area contributed by atoms with Gasteiger partial charge in [0.15, 0.2) is 11.5 Å². The molecule has 0 aliphatic heterocycles. The molecule has 128 valence electrons. The molecule has 2 aromatic carbocycles. The molecule has 0 saturated heterocycles. The van der Waals surface area contributed by atoms with Crippen molar-refractivity contribution in [2.75, 3.05) is 25.3 Å². The molecule has 3 N–H and O–H groups in total. The number of nitrogen functional groups attached to an aromatic ring is 1. The van der Waals surface area contributed by atoms with Crippen LogP contribution in [-0.4, -0.2) is 20.1 Å². The lowest BCUT2D eigenvalue weighted by molar-refractivity contribution is 0.102. The number of amides is 1. The van der Waals surface area contributed by atoms with E-state index in [2.05, 4.69) is 5.32 Å². The van der Waals surface area contributed by atoms with Gasteiger partial charge in [0.25, 0.3) is 5.91 Å². The highest BCUT2D eigenvalue weighted by Crippen LogP contribution is 2.34. The van der Waals surface area contributed by atoms with Crippen molar-refractivity contribution in [3.05, 3.63) is 58.4 Å². The van der Waals surface area contributed by atoms with Crippen LogP contribution >= 0.6 is 0 Å². The molecule has 1 heterocycles. The van der Waals surface area contributed by atoms with Crippen molar-refractivity contribution in [1.29, 1.82) is 0 Å². The van der Waals surface area contributed by atoms with Crippen molar-refractivity contribution in [1.82, 2.24) is 0 Å². The summed E-state index contributed by atoms with van der Waals surface area (Å²) in [4.78, 5) is 24.6. The van der Waals surface area contributed by atoms with Gasteiger partial charge < -0.3 is 24.9 Å². The fourth-order valence-electron chi connectivity index (χ4n) is 2.41.